The van der Waals surface area contributed by atoms with Crippen LogP contribution in [0.2, 0.25) is 5.02 Å². The third kappa shape index (κ3) is 6.91. The third-order valence-corrected chi connectivity index (χ3v) is 9.06. The van der Waals surface area contributed by atoms with E-state index in [2.05, 4.69) is 5.32 Å². The van der Waals surface area contributed by atoms with Crippen molar-refractivity contribution in [2.75, 3.05) is 26.2 Å². The van der Waals surface area contributed by atoms with Gasteiger partial charge in [0.1, 0.15) is 34.7 Å². The van der Waals surface area contributed by atoms with Crippen LogP contribution in [0.3, 0.4) is 0 Å². The van der Waals surface area contributed by atoms with E-state index in [1.54, 1.807) is 40.0 Å². The molecule has 4 bridgehead atoms. The molecule has 3 aliphatic heterocycles. The highest BCUT2D eigenvalue weighted by atomic mass is 35.5. The monoisotopic (exact) mass is 634 g/mol. The Morgan fingerprint density at radius 3 is 2.59 bits per heavy atom. The lowest BCUT2D eigenvalue weighted by Crippen LogP contribution is -2.63. The molecule has 0 spiro atoms. The van der Waals surface area contributed by atoms with Crippen LogP contribution in [0.5, 0.6) is 5.75 Å². The quantitative estimate of drug-likeness (QED) is 0.366. The summed E-state index contributed by atoms with van der Waals surface area (Å²) >= 11 is 6.68. The predicted octanol–water partition coefficient (Wildman–Crippen LogP) is 4.32. The van der Waals surface area contributed by atoms with Gasteiger partial charge in [0, 0.05) is 26.5 Å². The zero-order chi connectivity index (χ0) is 32.6. The molecule has 0 saturated carbocycles. The highest BCUT2D eigenvalue weighted by Crippen LogP contribution is 2.49. The van der Waals surface area contributed by atoms with E-state index >= 15 is 0 Å². The Morgan fingerprint density at radius 2 is 1.95 bits per heavy atom. The van der Waals surface area contributed by atoms with Gasteiger partial charge in [0.2, 0.25) is 5.91 Å². The van der Waals surface area contributed by atoms with Crippen molar-refractivity contribution in [2.24, 2.45) is 11.8 Å². The van der Waals surface area contributed by atoms with E-state index in [0.29, 0.717) is 17.9 Å². The van der Waals surface area contributed by atoms with E-state index in [0.717, 1.165) is 11.1 Å². The Bertz CT molecular complexity index is 1350. The van der Waals surface area contributed by atoms with Crippen LogP contribution in [-0.4, -0.2) is 80.1 Å². The number of alkyl carbamates (subject to hydrolysis) is 1. The Balaban J connectivity index is 1.80. The number of nitrogens with zero attached hydrogens (tertiary/aromatic N) is 1. The summed E-state index contributed by atoms with van der Waals surface area (Å²) in [5.41, 5.74) is -0.587. The number of esters is 1. The zero-order valence-electron chi connectivity index (χ0n) is 26.5. The summed E-state index contributed by atoms with van der Waals surface area (Å²) in [5.74, 6) is -1.30. The van der Waals surface area contributed by atoms with E-state index in [1.165, 1.54) is 19.1 Å². The van der Waals surface area contributed by atoms with E-state index < -0.39 is 59.6 Å². The molecule has 3 heterocycles. The Morgan fingerprint density at radius 1 is 1.25 bits per heavy atom. The van der Waals surface area contributed by atoms with Gasteiger partial charge in [0.15, 0.2) is 5.72 Å². The molecule has 1 aromatic rings. The molecule has 7 atom stereocenters. The number of halogens is 1. The third-order valence-electron chi connectivity index (χ3n) is 8.68. The molecule has 2 N–H and O–H groups in total. The van der Waals surface area contributed by atoms with Crippen molar-refractivity contribution in [3.8, 4) is 5.75 Å². The Hall–Kier alpha value is -3.12. The van der Waals surface area contributed by atoms with Gasteiger partial charge in [-0.3, -0.25) is 14.9 Å². The number of fused-ring (bicyclic) bond motifs is 5. The van der Waals surface area contributed by atoms with Gasteiger partial charge in [0.25, 0.3) is 0 Å². The van der Waals surface area contributed by atoms with Crippen molar-refractivity contribution in [3.63, 3.8) is 0 Å². The topological polar surface area (TPSA) is 136 Å². The average Bonchev–Trinajstić information content (AvgIpc) is 3.66. The van der Waals surface area contributed by atoms with Crippen LogP contribution < -0.4 is 15.0 Å². The van der Waals surface area contributed by atoms with Gasteiger partial charge in [-0.2, -0.15) is 0 Å². The predicted molar refractivity (Wildman–Crippen MR) is 164 cm³/mol. The van der Waals surface area contributed by atoms with Crippen molar-refractivity contribution in [3.05, 3.63) is 46.5 Å². The van der Waals surface area contributed by atoms with Crippen molar-refractivity contribution in [2.45, 2.75) is 89.6 Å². The van der Waals surface area contributed by atoms with Crippen LogP contribution >= 0.6 is 11.6 Å². The first-order chi connectivity index (χ1) is 20.6. The molecule has 11 nitrogen and oxygen atoms in total. The number of hydrogen-bond donors (Lipinski definition) is 2. The molecule has 242 valence electrons. The second kappa shape index (κ2) is 13.1. The minimum atomic E-state index is -1.77. The number of aliphatic hydroxyl groups is 1. The second-order valence-electron chi connectivity index (χ2n) is 12.4. The summed E-state index contributed by atoms with van der Waals surface area (Å²) in [6.07, 6.45) is 1.65. The Kier molecular flexibility index (Phi) is 10.0. The zero-order valence-corrected chi connectivity index (χ0v) is 27.3. The molecule has 2 fully saturated rings. The lowest BCUT2D eigenvalue weighted by atomic mass is 9.83. The Labute approximate surface area is 263 Å². The van der Waals surface area contributed by atoms with Crippen LogP contribution in [0.4, 0.5) is 10.5 Å². The molecule has 2 saturated heterocycles. The van der Waals surface area contributed by atoms with E-state index in [9.17, 15) is 19.5 Å². The van der Waals surface area contributed by atoms with E-state index in [4.69, 9.17) is 35.3 Å². The smallest absolute Gasteiger partial charge is 0.409 e. The fourth-order valence-electron chi connectivity index (χ4n) is 5.88. The molecule has 4 rings (SSSR count). The minimum Gasteiger partial charge on any atom is -0.495 e. The van der Waals surface area contributed by atoms with Crippen LogP contribution in [0, 0.1) is 11.8 Å². The first-order valence-electron chi connectivity index (χ1n) is 14.7. The molecule has 0 radical (unpaired) electrons. The number of anilines is 1. The standard InChI is InChI=1S/C32H43ClN2O9/c1-17(2)29(37)43-25-15-26(36)35(6)21-13-20(14-22(40-7)27(21)33)12-18(3)10-9-11-24(41-8)32(39)16-23(42-30(38)34-32)19(4)28-31(25,5)44-28/h9-11,13-14,17,19,23-25,28,39H,12,15-16H2,1-8H3,(H,34,38)/b11-9-,18-10-/t19-,23+,24-,25+,28-,31-,32-/m1/s1. The molecular weight excluding hydrogens is 592 g/mol. The number of epoxide rings is 1. The first kappa shape index (κ1) is 33.8. The minimum absolute atomic E-state index is 0.00361. The van der Waals surface area contributed by atoms with Gasteiger partial charge >= 0.3 is 12.1 Å². The second-order valence-corrected chi connectivity index (χ2v) is 12.8. The largest absolute Gasteiger partial charge is 0.495 e. The van der Waals surface area contributed by atoms with Crippen molar-refractivity contribution < 1.29 is 43.2 Å². The van der Waals surface area contributed by atoms with Crippen molar-refractivity contribution in [1.82, 2.24) is 5.32 Å². The average molecular weight is 635 g/mol. The van der Waals surface area contributed by atoms with E-state index in [-0.39, 0.29) is 23.8 Å². The number of allylic oxidation sites excluding steroid dienone is 3. The molecule has 0 unspecified atom stereocenters. The summed E-state index contributed by atoms with van der Waals surface area (Å²) < 4.78 is 28.8. The summed E-state index contributed by atoms with van der Waals surface area (Å²) in [7, 11) is 4.56. The lowest BCUT2D eigenvalue weighted by molar-refractivity contribution is -0.157. The summed E-state index contributed by atoms with van der Waals surface area (Å²) in [4.78, 5) is 40.7. The molecule has 1 aromatic carbocycles. The maximum absolute atomic E-state index is 13.8. The van der Waals surface area contributed by atoms with Gasteiger partial charge < -0.3 is 33.7 Å². The van der Waals surface area contributed by atoms with Crippen molar-refractivity contribution >= 4 is 35.3 Å². The number of ether oxygens (including phenoxy) is 5. The normalized spacial score (nSPS) is 34.7. The van der Waals surface area contributed by atoms with Crippen LogP contribution in [0.25, 0.3) is 0 Å². The highest BCUT2D eigenvalue weighted by molar-refractivity contribution is 6.35. The number of benzene rings is 1. The van der Waals surface area contributed by atoms with Crippen LogP contribution in [0.1, 0.15) is 53.0 Å². The highest BCUT2D eigenvalue weighted by Gasteiger charge is 2.64. The van der Waals surface area contributed by atoms with Gasteiger partial charge in [-0.1, -0.05) is 56.2 Å². The summed E-state index contributed by atoms with van der Waals surface area (Å²) in [5, 5.41) is 14.4. The molecule has 2 amide bonds. The van der Waals surface area contributed by atoms with Crippen LogP contribution in [-0.2, 0) is 35.0 Å². The molecule has 44 heavy (non-hydrogen) atoms. The number of carbonyl (C=O) groups excluding carboxylic acids is 3. The maximum atomic E-state index is 13.8. The number of methoxy groups -OCH3 is 2. The lowest BCUT2D eigenvalue weighted by Gasteiger charge is -2.42. The fourth-order valence-corrected chi connectivity index (χ4v) is 6.19. The fraction of sp³-hybridized carbons (Fsp3) is 0.594. The van der Waals surface area contributed by atoms with Gasteiger partial charge in [-0.15, -0.1) is 0 Å². The molecule has 12 heteroatoms. The van der Waals surface area contributed by atoms with Crippen molar-refractivity contribution in [1.29, 1.82) is 0 Å². The van der Waals surface area contributed by atoms with Gasteiger partial charge in [-0.05, 0) is 38.0 Å². The first-order valence-corrected chi connectivity index (χ1v) is 15.1. The SMILES string of the molecule is COc1cc2cc(c1Cl)N(C)C(=O)C[C@H](OC(=O)C(C)C)[C@@]1(C)O[C@@H]1[C@H](C)[C@@H]1C[C@](O)(NC(=O)O1)[C@H](OC)/C=C\C=C(\C)C2. The summed E-state index contributed by atoms with van der Waals surface area (Å²) in [6, 6.07) is 3.63. The molecular formula is C32H43ClN2O9. The van der Waals surface area contributed by atoms with Gasteiger partial charge in [0.05, 0.1) is 31.2 Å². The van der Waals surface area contributed by atoms with Crippen LogP contribution in [0.15, 0.2) is 35.9 Å². The number of rotatable bonds is 4. The summed E-state index contributed by atoms with van der Waals surface area (Å²) in [6.45, 7) is 8.95. The number of hydrogen-bond acceptors (Lipinski definition) is 9. The van der Waals surface area contributed by atoms with Gasteiger partial charge in [-0.25, -0.2) is 4.79 Å². The molecule has 3 aliphatic rings. The van der Waals surface area contributed by atoms with E-state index in [1.807, 2.05) is 32.1 Å². The number of carbonyl (C=O) groups is 3. The maximum Gasteiger partial charge on any atom is 0.409 e. The number of nitrogens with one attached hydrogen (secondary N) is 1. The molecule has 0 aliphatic carbocycles. The molecule has 0 aromatic heterocycles. The number of amides is 2.